The van der Waals surface area contributed by atoms with Gasteiger partial charge in [-0.25, -0.2) is 9.67 Å². The smallest absolute Gasteiger partial charge is 0.0952 e. The highest BCUT2D eigenvalue weighted by molar-refractivity contribution is 5.06. The topological polar surface area (TPSA) is 101 Å². The molecule has 0 saturated carbocycles. The third-order valence-corrected chi connectivity index (χ3v) is 4.05. The van der Waals surface area contributed by atoms with Crippen molar-refractivity contribution in [2.24, 2.45) is 0 Å². The van der Waals surface area contributed by atoms with Crippen LogP contribution >= 0.6 is 0 Å². The van der Waals surface area contributed by atoms with E-state index < -0.39 is 6.10 Å². The van der Waals surface area contributed by atoms with Crippen LogP contribution in [-0.2, 0) is 23.2 Å². The van der Waals surface area contributed by atoms with Crippen LogP contribution in [0.15, 0.2) is 18.7 Å². The van der Waals surface area contributed by atoms with Crippen LogP contribution in [0, 0.1) is 0 Å². The van der Waals surface area contributed by atoms with Crippen molar-refractivity contribution in [1.29, 1.82) is 0 Å². The second-order valence-electron chi connectivity index (χ2n) is 7.00. The van der Waals surface area contributed by atoms with Gasteiger partial charge in [-0.1, -0.05) is 26.0 Å². The predicted molar refractivity (Wildman–Crippen MR) is 83.7 cm³/mol. The van der Waals surface area contributed by atoms with Crippen molar-refractivity contribution in [1.82, 2.24) is 30.3 Å². The summed E-state index contributed by atoms with van der Waals surface area (Å²) in [6, 6.07) is -0.152. The molecule has 3 atom stereocenters. The van der Waals surface area contributed by atoms with Crippen molar-refractivity contribution < 1.29 is 9.84 Å². The Bertz CT molecular complexity index is 618. The van der Waals surface area contributed by atoms with E-state index in [2.05, 4.69) is 46.4 Å². The maximum Gasteiger partial charge on any atom is 0.0952 e. The lowest BCUT2D eigenvalue weighted by Gasteiger charge is -2.21. The van der Waals surface area contributed by atoms with Crippen molar-refractivity contribution >= 4 is 0 Å². The summed E-state index contributed by atoms with van der Waals surface area (Å²) < 4.78 is 7.51. The monoisotopic (exact) mass is 320 g/mol. The molecule has 1 aliphatic rings. The molecule has 0 bridgehead atoms. The molecule has 3 N–H and O–H groups in total. The average molecular weight is 320 g/mol. The third kappa shape index (κ3) is 3.77. The van der Waals surface area contributed by atoms with Gasteiger partial charge in [-0.05, 0) is 0 Å². The summed E-state index contributed by atoms with van der Waals surface area (Å²) in [4.78, 5) is 7.02. The molecule has 0 unspecified atom stereocenters. The van der Waals surface area contributed by atoms with E-state index in [-0.39, 0.29) is 17.6 Å². The number of hydrogen-bond acceptors (Lipinski definition) is 6. The lowest BCUT2D eigenvalue weighted by atomic mass is 9.93. The van der Waals surface area contributed by atoms with Crippen molar-refractivity contribution in [3.05, 3.63) is 30.1 Å². The van der Waals surface area contributed by atoms with Gasteiger partial charge < -0.3 is 20.1 Å². The van der Waals surface area contributed by atoms with Crippen LogP contribution in [0.2, 0.25) is 0 Å². The highest BCUT2D eigenvalue weighted by atomic mass is 16.5. The number of H-pyrrole nitrogens is 1. The Hall–Kier alpha value is -1.77. The largest absolute Gasteiger partial charge is 0.389 e. The highest BCUT2D eigenvalue weighted by Crippen LogP contribution is 2.20. The number of ether oxygens (including phenoxy) is 1. The molecule has 2 aromatic rings. The lowest BCUT2D eigenvalue weighted by Crippen LogP contribution is -2.45. The Morgan fingerprint density at radius 2 is 2.30 bits per heavy atom. The first-order valence-corrected chi connectivity index (χ1v) is 7.84. The number of aliphatic hydroxyl groups excluding tert-OH is 1. The van der Waals surface area contributed by atoms with Crippen molar-refractivity contribution in [3.8, 4) is 0 Å². The normalized spacial score (nSPS) is 25.1. The van der Waals surface area contributed by atoms with Gasteiger partial charge in [0.25, 0.3) is 0 Å². The molecule has 0 spiro atoms. The van der Waals surface area contributed by atoms with Gasteiger partial charge in [0.05, 0.1) is 43.4 Å². The Morgan fingerprint density at radius 3 is 2.96 bits per heavy atom. The van der Waals surface area contributed by atoms with Gasteiger partial charge in [0.1, 0.15) is 0 Å². The molecule has 1 saturated heterocycles. The second kappa shape index (κ2) is 6.38. The van der Waals surface area contributed by atoms with Gasteiger partial charge in [-0.2, -0.15) is 0 Å². The SMILES string of the molecule is CC(C)(C)c1cn(C[C@H]2OC[C@H](O)[C@H]2NCc2cnc[nH]2)nn1. The minimum Gasteiger partial charge on any atom is -0.389 e. The molecule has 126 valence electrons. The fourth-order valence-corrected chi connectivity index (χ4v) is 2.64. The molecule has 1 fully saturated rings. The van der Waals surface area contributed by atoms with Gasteiger partial charge in [-0.3, -0.25) is 0 Å². The molecule has 2 aromatic heterocycles. The standard InChI is InChI=1S/C15H24N6O2/c1-15(2,3)13-7-21(20-19-13)6-12-14(11(22)8-23-12)17-5-10-4-16-9-18-10/h4,7,9,11-12,14,17,22H,5-6,8H2,1-3H3,(H,16,18)/t11-,12+,14+/m0/s1. The van der Waals surface area contributed by atoms with Gasteiger partial charge in [0.2, 0.25) is 0 Å². The van der Waals surface area contributed by atoms with E-state index in [1.807, 2.05) is 6.20 Å². The summed E-state index contributed by atoms with van der Waals surface area (Å²) in [5, 5.41) is 21.9. The molecule has 8 heteroatoms. The number of aromatic nitrogens is 5. The zero-order chi connectivity index (χ0) is 16.4. The number of imidazole rings is 1. The molecular formula is C15H24N6O2. The van der Waals surface area contributed by atoms with Crippen LogP contribution in [0.5, 0.6) is 0 Å². The minimum absolute atomic E-state index is 0.0352. The first kappa shape index (κ1) is 16.1. The van der Waals surface area contributed by atoms with E-state index in [4.69, 9.17) is 4.74 Å². The average Bonchev–Trinajstić information content (AvgIpc) is 3.19. The zero-order valence-electron chi connectivity index (χ0n) is 13.7. The van der Waals surface area contributed by atoms with Gasteiger partial charge >= 0.3 is 0 Å². The summed E-state index contributed by atoms with van der Waals surface area (Å²) in [5.41, 5.74) is 1.88. The second-order valence-corrected chi connectivity index (χ2v) is 7.00. The molecule has 3 heterocycles. The fourth-order valence-electron chi connectivity index (χ4n) is 2.64. The predicted octanol–water partition coefficient (Wildman–Crippen LogP) is 0.217. The molecule has 23 heavy (non-hydrogen) atoms. The van der Waals surface area contributed by atoms with Crippen LogP contribution < -0.4 is 5.32 Å². The van der Waals surface area contributed by atoms with Gasteiger partial charge in [-0.15, -0.1) is 5.10 Å². The number of hydrogen-bond donors (Lipinski definition) is 3. The highest BCUT2D eigenvalue weighted by Gasteiger charge is 2.36. The quantitative estimate of drug-likeness (QED) is 0.728. The Balaban J connectivity index is 1.62. The van der Waals surface area contributed by atoms with Crippen LogP contribution in [-0.4, -0.2) is 54.9 Å². The molecule has 0 amide bonds. The zero-order valence-corrected chi connectivity index (χ0v) is 13.7. The van der Waals surface area contributed by atoms with E-state index in [0.717, 1.165) is 11.4 Å². The Morgan fingerprint density at radius 1 is 1.48 bits per heavy atom. The fraction of sp³-hybridized carbons (Fsp3) is 0.667. The van der Waals surface area contributed by atoms with Crippen LogP contribution in [0.25, 0.3) is 0 Å². The van der Waals surface area contributed by atoms with Gasteiger partial charge in [0.15, 0.2) is 0 Å². The lowest BCUT2D eigenvalue weighted by molar-refractivity contribution is 0.0741. The molecule has 0 radical (unpaired) electrons. The summed E-state index contributed by atoms with van der Waals surface area (Å²) >= 11 is 0. The Kier molecular flexibility index (Phi) is 4.47. The number of rotatable bonds is 5. The Labute approximate surface area is 135 Å². The number of aromatic amines is 1. The van der Waals surface area contributed by atoms with Gasteiger partial charge in [0, 0.05) is 30.0 Å². The molecule has 8 nitrogen and oxygen atoms in total. The van der Waals surface area contributed by atoms with Crippen LogP contribution in [0.4, 0.5) is 0 Å². The van der Waals surface area contributed by atoms with Crippen molar-refractivity contribution in [2.75, 3.05) is 6.61 Å². The van der Waals surface area contributed by atoms with E-state index in [9.17, 15) is 5.11 Å². The number of aliphatic hydroxyl groups is 1. The van der Waals surface area contributed by atoms with E-state index in [1.165, 1.54) is 0 Å². The minimum atomic E-state index is -0.534. The molecule has 0 aromatic carbocycles. The summed E-state index contributed by atoms with van der Waals surface area (Å²) in [6.45, 7) is 7.79. The molecule has 0 aliphatic carbocycles. The summed E-state index contributed by atoms with van der Waals surface area (Å²) in [5.74, 6) is 0. The molecular weight excluding hydrogens is 296 g/mol. The first-order valence-electron chi connectivity index (χ1n) is 7.84. The maximum absolute atomic E-state index is 10.1. The van der Waals surface area contributed by atoms with E-state index in [1.54, 1.807) is 17.2 Å². The van der Waals surface area contributed by atoms with E-state index in [0.29, 0.717) is 19.7 Å². The number of nitrogens with zero attached hydrogens (tertiary/aromatic N) is 4. The number of nitrogens with one attached hydrogen (secondary N) is 2. The molecule has 1 aliphatic heterocycles. The van der Waals surface area contributed by atoms with Crippen molar-refractivity contribution in [3.63, 3.8) is 0 Å². The summed E-state index contributed by atoms with van der Waals surface area (Å²) in [6.07, 6.45) is 4.66. The van der Waals surface area contributed by atoms with Crippen LogP contribution in [0.3, 0.4) is 0 Å². The molecule has 3 rings (SSSR count). The first-order chi connectivity index (χ1) is 10.9. The maximum atomic E-state index is 10.1. The third-order valence-electron chi connectivity index (χ3n) is 4.05. The van der Waals surface area contributed by atoms with Crippen LogP contribution in [0.1, 0.15) is 32.2 Å². The van der Waals surface area contributed by atoms with E-state index >= 15 is 0 Å². The summed E-state index contributed by atoms with van der Waals surface area (Å²) in [7, 11) is 0. The van der Waals surface area contributed by atoms with Crippen molar-refractivity contribution in [2.45, 2.75) is 57.5 Å².